The van der Waals surface area contributed by atoms with Crippen LogP contribution in [0.1, 0.15) is 64.6 Å². The van der Waals surface area contributed by atoms with Gasteiger partial charge < -0.3 is 10.1 Å². The van der Waals surface area contributed by atoms with Crippen LogP contribution >= 0.6 is 0 Å². The molecular formula is C16H30N4O. The summed E-state index contributed by atoms with van der Waals surface area (Å²) in [5, 5.41) is 11.9. The van der Waals surface area contributed by atoms with Crippen molar-refractivity contribution in [1.29, 1.82) is 0 Å². The van der Waals surface area contributed by atoms with Gasteiger partial charge in [0.25, 0.3) is 0 Å². The molecule has 1 fully saturated rings. The highest BCUT2D eigenvalue weighted by Gasteiger charge is 2.43. The Bertz CT molecular complexity index is 424. The Kier molecular flexibility index (Phi) is 5.76. The molecule has 1 atom stereocenters. The second kappa shape index (κ2) is 7.36. The third-order valence-corrected chi connectivity index (χ3v) is 4.72. The maximum Gasteiger partial charge on any atom is 0.0892 e. The zero-order valence-corrected chi connectivity index (χ0v) is 13.9. The van der Waals surface area contributed by atoms with Crippen molar-refractivity contribution in [2.75, 3.05) is 13.2 Å². The van der Waals surface area contributed by atoms with Gasteiger partial charge >= 0.3 is 0 Å². The van der Waals surface area contributed by atoms with E-state index in [1.807, 2.05) is 17.9 Å². The van der Waals surface area contributed by atoms with Crippen LogP contribution in [0, 0.1) is 5.92 Å². The van der Waals surface area contributed by atoms with Crippen LogP contribution in [0.5, 0.6) is 0 Å². The van der Waals surface area contributed by atoms with Crippen molar-refractivity contribution in [2.45, 2.75) is 64.5 Å². The molecule has 0 saturated heterocycles. The van der Waals surface area contributed by atoms with Crippen LogP contribution in [-0.2, 0) is 11.8 Å². The lowest BCUT2D eigenvalue weighted by atomic mass is 9.74. The number of rotatable bonds is 7. The summed E-state index contributed by atoms with van der Waals surface area (Å²) < 4.78 is 8.21. The van der Waals surface area contributed by atoms with Crippen LogP contribution in [0.15, 0.2) is 6.20 Å². The van der Waals surface area contributed by atoms with E-state index in [2.05, 4.69) is 36.4 Å². The molecule has 5 nitrogen and oxygen atoms in total. The van der Waals surface area contributed by atoms with Gasteiger partial charge in [-0.3, -0.25) is 4.68 Å². The molecule has 1 heterocycles. The lowest BCUT2D eigenvalue weighted by Gasteiger charge is -2.45. The molecule has 1 aliphatic carbocycles. The molecule has 2 rings (SSSR count). The molecule has 1 saturated carbocycles. The van der Waals surface area contributed by atoms with Gasteiger partial charge in [-0.2, -0.15) is 0 Å². The summed E-state index contributed by atoms with van der Waals surface area (Å²) >= 11 is 0. The van der Waals surface area contributed by atoms with Crippen LogP contribution < -0.4 is 5.32 Å². The third-order valence-electron chi connectivity index (χ3n) is 4.72. The molecule has 1 aliphatic rings. The first-order chi connectivity index (χ1) is 10.1. The Morgan fingerprint density at radius 2 is 2.14 bits per heavy atom. The zero-order chi connectivity index (χ0) is 15.3. The molecule has 120 valence electrons. The average Bonchev–Trinajstić information content (AvgIpc) is 2.89. The Balaban J connectivity index is 2.29. The number of hydrogen-bond acceptors (Lipinski definition) is 4. The van der Waals surface area contributed by atoms with Gasteiger partial charge in [0, 0.05) is 13.7 Å². The van der Waals surface area contributed by atoms with E-state index in [-0.39, 0.29) is 11.6 Å². The van der Waals surface area contributed by atoms with E-state index in [0.717, 1.165) is 44.0 Å². The quantitative estimate of drug-likeness (QED) is 0.840. The molecule has 1 aromatic heterocycles. The van der Waals surface area contributed by atoms with Gasteiger partial charge in [0.15, 0.2) is 0 Å². The molecular weight excluding hydrogens is 264 g/mol. The minimum atomic E-state index is -0.119. The highest BCUT2D eigenvalue weighted by molar-refractivity contribution is 5.11. The maximum atomic E-state index is 6.33. The fourth-order valence-electron chi connectivity index (χ4n) is 3.46. The van der Waals surface area contributed by atoms with Gasteiger partial charge in [-0.15, -0.1) is 5.10 Å². The van der Waals surface area contributed by atoms with Crippen molar-refractivity contribution in [2.24, 2.45) is 13.0 Å². The topological polar surface area (TPSA) is 52.0 Å². The van der Waals surface area contributed by atoms with Gasteiger partial charge in [0.2, 0.25) is 0 Å². The van der Waals surface area contributed by atoms with Gasteiger partial charge in [0.05, 0.1) is 23.5 Å². The van der Waals surface area contributed by atoms with E-state index in [9.17, 15) is 0 Å². The highest BCUT2D eigenvalue weighted by atomic mass is 16.5. The summed E-state index contributed by atoms with van der Waals surface area (Å²) in [5.74, 6) is 0.801. The van der Waals surface area contributed by atoms with Gasteiger partial charge in [-0.05, 0) is 51.5 Å². The van der Waals surface area contributed by atoms with E-state index in [1.165, 1.54) is 12.8 Å². The molecule has 0 bridgehead atoms. The van der Waals surface area contributed by atoms with Crippen molar-refractivity contribution < 1.29 is 4.74 Å². The van der Waals surface area contributed by atoms with E-state index in [1.54, 1.807) is 0 Å². The van der Waals surface area contributed by atoms with Crippen molar-refractivity contribution in [1.82, 2.24) is 20.3 Å². The Morgan fingerprint density at radius 1 is 1.43 bits per heavy atom. The number of ether oxygens (including phenoxy) is 1. The maximum absolute atomic E-state index is 6.33. The predicted molar refractivity (Wildman–Crippen MR) is 84.0 cm³/mol. The highest BCUT2D eigenvalue weighted by Crippen LogP contribution is 2.43. The second-order valence-electron chi connectivity index (χ2n) is 6.35. The first-order valence-corrected chi connectivity index (χ1v) is 8.35. The number of hydrogen-bond donors (Lipinski definition) is 1. The van der Waals surface area contributed by atoms with E-state index < -0.39 is 0 Å². The summed E-state index contributed by atoms with van der Waals surface area (Å²) in [6.45, 7) is 8.38. The van der Waals surface area contributed by atoms with E-state index in [0.29, 0.717) is 0 Å². The summed E-state index contributed by atoms with van der Waals surface area (Å²) in [6, 6.07) is 0.171. The summed E-state index contributed by atoms with van der Waals surface area (Å²) in [5.41, 5.74) is 1.01. The Morgan fingerprint density at radius 3 is 2.67 bits per heavy atom. The molecule has 21 heavy (non-hydrogen) atoms. The molecule has 0 aliphatic heterocycles. The second-order valence-corrected chi connectivity index (χ2v) is 6.35. The standard InChI is InChI=1S/C16H30N4O/c1-5-11-17-15(14-12-18-19-20(14)4)16(21-6-2)9-7-13(3)8-10-16/h12-13,15,17H,5-11H2,1-4H3. The summed E-state index contributed by atoms with van der Waals surface area (Å²) in [4.78, 5) is 0. The minimum Gasteiger partial charge on any atom is -0.373 e. The summed E-state index contributed by atoms with van der Waals surface area (Å²) in [6.07, 6.45) is 7.67. The van der Waals surface area contributed by atoms with Gasteiger partial charge in [-0.1, -0.05) is 19.1 Å². The summed E-state index contributed by atoms with van der Waals surface area (Å²) in [7, 11) is 1.97. The Labute approximate surface area is 128 Å². The van der Waals surface area contributed by atoms with Crippen molar-refractivity contribution in [3.63, 3.8) is 0 Å². The third kappa shape index (κ3) is 3.64. The van der Waals surface area contributed by atoms with Crippen molar-refractivity contribution in [3.8, 4) is 0 Å². The minimum absolute atomic E-state index is 0.119. The fraction of sp³-hybridized carbons (Fsp3) is 0.875. The van der Waals surface area contributed by atoms with E-state index in [4.69, 9.17) is 4.74 Å². The van der Waals surface area contributed by atoms with Crippen molar-refractivity contribution >= 4 is 0 Å². The largest absolute Gasteiger partial charge is 0.373 e. The number of nitrogens with one attached hydrogen (secondary N) is 1. The van der Waals surface area contributed by atoms with Gasteiger partial charge in [-0.25, -0.2) is 0 Å². The first kappa shape index (κ1) is 16.4. The molecule has 0 amide bonds. The molecule has 0 radical (unpaired) electrons. The van der Waals surface area contributed by atoms with Crippen LogP contribution in [0.3, 0.4) is 0 Å². The predicted octanol–water partition coefficient (Wildman–Crippen LogP) is 2.84. The Hall–Kier alpha value is -0.940. The zero-order valence-electron chi connectivity index (χ0n) is 13.9. The van der Waals surface area contributed by atoms with Crippen LogP contribution in [0.2, 0.25) is 0 Å². The average molecular weight is 294 g/mol. The molecule has 1 N–H and O–H groups in total. The molecule has 0 spiro atoms. The van der Waals surface area contributed by atoms with Gasteiger partial charge in [0.1, 0.15) is 0 Å². The lowest BCUT2D eigenvalue weighted by Crippen LogP contribution is -2.49. The van der Waals surface area contributed by atoms with Crippen LogP contribution in [-0.4, -0.2) is 33.7 Å². The first-order valence-electron chi connectivity index (χ1n) is 8.35. The number of aromatic nitrogens is 3. The SMILES string of the molecule is CCCNC(c1cnnn1C)C1(OCC)CCC(C)CC1. The lowest BCUT2D eigenvalue weighted by molar-refractivity contribution is -0.0990. The molecule has 5 heteroatoms. The molecule has 1 unspecified atom stereocenters. The van der Waals surface area contributed by atoms with Crippen LogP contribution in [0.25, 0.3) is 0 Å². The number of nitrogens with zero attached hydrogens (tertiary/aromatic N) is 3. The smallest absolute Gasteiger partial charge is 0.0892 e. The van der Waals surface area contributed by atoms with Crippen molar-refractivity contribution in [3.05, 3.63) is 11.9 Å². The molecule has 1 aromatic rings. The normalized spacial score (nSPS) is 27.7. The van der Waals surface area contributed by atoms with Crippen LogP contribution in [0.4, 0.5) is 0 Å². The fourth-order valence-corrected chi connectivity index (χ4v) is 3.46. The van der Waals surface area contributed by atoms with E-state index >= 15 is 0 Å². The molecule has 0 aromatic carbocycles. The monoisotopic (exact) mass is 294 g/mol. The number of aryl methyl sites for hydroxylation is 1.